The second-order valence-electron chi connectivity index (χ2n) is 6.25. The summed E-state index contributed by atoms with van der Waals surface area (Å²) in [5.74, 6) is -1.61. The fraction of sp³-hybridized carbons (Fsp3) is 0.250. The Balaban J connectivity index is 1.85. The van der Waals surface area contributed by atoms with E-state index < -0.39 is 18.5 Å². The molecule has 3 rings (SSSR count). The molecule has 1 aliphatic rings. The van der Waals surface area contributed by atoms with Gasteiger partial charge in [-0.15, -0.1) is 0 Å². The number of carboxylic acids is 1. The number of carbonyl (C=O) groups excluding carboxylic acids is 1. The largest absolute Gasteiger partial charge is 0.481 e. The quantitative estimate of drug-likeness (QED) is 0.674. The SMILES string of the molecule is CCc1ccc(OCC(=O)O)c(C(=O)C2C=NN(c3c(Cl)cccc3Cl)C2)c1. The maximum atomic E-state index is 13.1. The van der Waals surface area contributed by atoms with E-state index in [1.54, 1.807) is 41.6 Å². The minimum absolute atomic E-state index is 0.204. The van der Waals surface area contributed by atoms with Crippen LogP contribution in [0.1, 0.15) is 22.8 Å². The first-order valence-electron chi connectivity index (χ1n) is 8.68. The van der Waals surface area contributed by atoms with E-state index in [1.807, 2.05) is 13.0 Å². The summed E-state index contributed by atoms with van der Waals surface area (Å²) in [5, 5.41) is 15.6. The molecule has 0 aromatic heterocycles. The van der Waals surface area contributed by atoms with Crippen molar-refractivity contribution in [2.45, 2.75) is 13.3 Å². The lowest BCUT2D eigenvalue weighted by Crippen LogP contribution is -2.25. The van der Waals surface area contributed by atoms with Crippen LogP contribution in [0, 0.1) is 5.92 Å². The number of para-hydroxylation sites is 1. The smallest absolute Gasteiger partial charge is 0.341 e. The van der Waals surface area contributed by atoms with Gasteiger partial charge in [-0.3, -0.25) is 9.80 Å². The van der Waals surface area contributed by atoms with Gasteiger partial charge in [0.2, 0.25) is 0 Å². The Morgan fingerprint density at radius 2 is 1.96 bits per heavy atom. The molecule has 2 aromatic rings. The van der Waals surface area contributed by atoms with Crippen molar-refractivity contribution in [2.24, 2.45) is 11.0 Å². The van der Waals surface area contributed by atoms with Crippen molar-refractivity contribution in [3.8, 4) is 5.75 Å². The number of rotatable bonds is 7. The van der Waals surface area contributed by atoms with Crippen molar-refractivity contribution >= 4 is 46.9 Å². The number of hydrogen-bond donors (Lipinski definition) is 1. The Morgan fingerprint density at radius 1 is 1.25 bits per heavy atom. The van der Waals surface area contributed by atoms with Crippen LogP contribution in [0.15, 0.2) is 41.5 Å². The molecule has 1 N–H and O–H groups in total. The zero-order valence-corrected chi connectivity index (χ0v) is 16.6. The van der Waals surface area contributed by atoms with Gasteiger partial charge in [-0.25, -0.2) is 4.79 Å². The van der Waals surface area contributed by atoms with Crippen molar-refractivity contribution in [3.05, 3.63) is 57.6 Å². The van der Waals surface area contributed by atoms with E-state index in [4.69, 9.17) is 33.0 Å². The Morgan fingerprint density at radius 3 is 2.61 bits per heavy atom. The highest BCUT2D eigenvalue weighted by atomic mass is 35.5. The topological polar surface area (TPSA) is 79.2 Å². The number of Topliss-reactive ketones (excluding diaryl/α,β-unsaturated/α-hetero) is 1. The van der Waals surface area contributed by atoms with Crippen LogP contribution >= 0.6 is 23.2 Å². The van der Waals surface area contributed by atoms with Gasteiger partial charge >= 0.3 is 5.97 Å². The van der Waals surface area contributed by atoms with E-state index in [1.165, 1.54) is 0 Å². The molecule has 2 aromatic carbocycles. The van der Waals surface area contributed by atoms with Crippen molar-refractivity contribution in [1.29, 1.82) is 0 Å². The average Bonchev–Trinajstić information content (AvgIpc) is 3.15. The van der Waals surface area contributed by atoms with E-state index in [9.17, 15) is 9.59 Å². The zero-order valence-electron chi connectivity index (χ0n) is 15.1. The molecule has 0 saturated heterocycles. The molecule has 1 heterocycles. The van der Waals surface area contributed by atoms with Gasteiger partial charge in [0.15, 0.2) is 12.4 Å². The fourth-order valence-corrected chi connectivity index (χ4v) is 3.52. The maximum Gasteiger partial charge on any atom is 0.341 e. The van der Waals surface area contributed by atoms with Crippen LogP contribution in [0.2, 0.25) is 10.0 Å². The van der Waals surface area contributed by atoms with E-state index in [0.717, 1.165) is 12.0 Å². The highest BCUT2D eigenvalue weighted by Gasteiger charge is 2.30. The third-order valence-electron chi connectivity index (χ3n) is 4.36. The summed E-state index contributed by atoms with van der Waals surface area (Å²) in [5.41, 5.74) is 1.83. The van der Waals surface area contributed by atoms with Gasteiger partial charge < -0.3 is 9.84 Å². The normalized spacial score (nSPS) is 15.7. The number of aliphatic carboxylic acids is 1. The first kappa shape index (κ1) is 20.2. The molecule has 1 unspecified atom stereocenters. The molecule has 28 heavy (non-hydrogen) atoms. The van der Waals surface area contributed by atoms with Crippen LogP contribution in [0.3, 0.4) is 0 Å². The third kappa shape index (κ3) is 4.29. The fourth-order valence-electron chi connectivity index (χ4n) is 2.93. The van der Waals surface area contributed by atoms with Crippen LogP contribution in [-0.4, -0.2) is 36.2 Å². The number of halogens is 2. The first-order valence-corrected chi connectivity index (χ1v) is 9.43. The second kappa shape index (κ2) is 8.63. The highest BCUT2D eigenvalue weighted by Crippen LogP contribution is 2.36. The predicted octanol–water partition coefficient (Wildman–Crippen LogP) is 4.32. The van der Waals surface area contributed by atoms with Crippen LogP contribution in [0.25, 0.3) is 0 Å². The van der Waals surface area contributed by atoms with Crippen molar-refractivity contribution in [3.63, 3.8) is 0 Å². The number of benzene rings is 2. The zero-order chi connectivity index (χ0) is 20.3. The molecular weight excluding hydrogens is 403 g/mol. The van der Waals surface area contributed by atoms with Gasteiger partial charge in [0.05, 0.1) is 33.8 Å². The number of hydrogen-bond acceptors (Lipinski definition) is 5. The van der Waals surface area contributed by atoms with E-state index in [0.29, 0.717) is 21.3 Å². The molecule has 0 fully saturated rings. The Labute approximate surface area is 172 Å². The average molecular weight is 421 g/mol. The summed E-state index contributed by atoms with van der Waals surface area (Å²) in [6.45, 7) is 1.72. The molecule has 1 aliphatic heterocycles. The number of carboxylic acid groups (broad SMARTS) is 1. The number of hydrazone groups is 1. The summed E-state index contributed by atoms with van der Waals surface area (Å²) in [4.78, 5) is 24.0. The minimum Gasteiger partial charge on any atom is -0.481 e. The van der Waals surface area contributed by atoms with Crippen LogP contribution < -0.4 is 9.75 Å². The molecule has 0 aliphatic carbocycles. The summed E-state index contributed by atoms with van der Waals surface area (Å²) in [7, 11) is 0. The van der Waals surface area contributed by atoms with Crippen molar-refractivity contribution in [1.82, 2.24) is 0 Å². The van der Waals surface area contributed by atoms with Gasteiger partial charge in [0, 0.05) is 6.21 Å². The summed E-state index contributed by atoms with van der Waals surface area (Å²) >= 11 is 12.5. The third-order valence-corrected chi connectivity index (χ3v) is 4.97. The lowest BCUT2D eigenvalue weighted by Gasteiger charge is -2.19. The van der Waals surface area contributed by atoms with Crippen LogP contribution in [-0.2, 0) is 11.2 Å². The van der Waals surface area contributed by atoms with Gasteiger partial charge in [0.25, 0.3) is 0 Å². The van der Waals surface area contributed by atoms with Crippen LogP contribution in [0.5, 0.6) is 5.75 Å². The predicted molar refractivity (Wildman–Crippen MR) is 109 cm³/mol. The van der Waals surface area contributed by atoms with Gasteiger partial charge in [-0.2, -0.15) is 5.10 Å². The number of anilines is 1. The summed E-state index contributed by atoms with van der Waals surface area (Å²) < 4.78 is 5.31. The van der Waals surface area contributed by atoms with Gasteiger partial charge in [-0.1, -0.05) is 42.3 Å². The maximum absolute atomic E-state index is 13.1. The summed E-state index contributed by atoms with van der Waals surface area (Å²) in [6, 6.07) is 10.3. The van der Waals surface area contributed by atoms with E-state index in [2.05, 4.69) is 5.10 Å². The molecule has 0 saturated carbocycles. The number of nitrogens with zero attached hydrogens (tertiary/aromatic N) is 2. The number of ketones is 1. The monoisotopic (exact) mass is 420 g/mol. The minimum atomic E-state index is -1.11. The Hall–Kier alpha value is -2.57. The molecule has 1 atom stereocenters. The van der Waals surface area contributed by atoms with Crippen LogP contribution in [0.4, 0.5) is 5.69 Å². The molecule has 146 valence electrons. The van der Waals surface area contributed by atoms with E-state index >= 15 is 0 Å². The Kier molecular flexibility index (Phi) is 6.21. The molecule has 0 amide bonds. The molecule has 6 nitrogen and oxygen atoms in total. The summed E-state index contributed by atoms with van der Waals surface area (Å²) in [6.07, 6.45) is 2.28. The number of aryl methyl sites for hydroxylation is 1. The molecule has 0 radical (unpaired) electrons. The Bertz CT molecular complexity index is 926. The van der Waals surface area contributed by atoms with Gasteiger partial charge in [-0.05, 0) is 36.2 Å². The standard InChI is InChI=1S/C20H18Cl2N2O4/c1-2-12-6-7-17(28-11-18(25)26)14(8-12)20(27)13-9-23-24(10-13)19-15(21)4-3-5-16(19)22/h3-9,13H,2,10-11H2,1H3,(H,25,26). The molecule has 8 heteroatoms. The molecule has 0 spiro atoms. The lowest BCUT2D eigenvalue weighted by molar-refractivity contribution is -0.139. The molecular formula is C20H18Cl2N2O4. The lowest BCUT2D eigenvalue weighted by atomic mass is 9.96. The van der Waals surface area contributed by atoms with Crippen molar-refractivity contribution < 1.29 is 19.4 Å². The first-order chi connectivity index (χ1) is 13.4. The number of ether oxygens (including phenoxy) is 1. The van der Waals surface area contributed by atoms with Crippen molar-refractivity contribution in [2.75, 3.05) is 18.2 Å². The van der Waals surface area contributed by atoms with Gasteiger partial charge in [0.1, 0.15) is 5.75 Å². The second-order valence-corrected chi connectivity index (χ2v) is 7.07. The number of carbonyl (C=O) groups is 2. The molecule has 0 bridgehead atoms. The highest BCUT2D eigenvalue weighted by molar-refractivity contribution is 6.39. The van der Waals surface area contributed by atoms with E-state index in [-0.39, 0.29) is 18.1 Å².